The minimum atomic E-state index is -0.943. The van der Waals surface area contributed by atoms with E-state index in [1.807, 2.05) is 42.5 Å². The van der Waals surface area contributed by atoms with Crippen molar-refractivity contribution in [1.29, 1.82) is 10.5 Å². The van der Waals surface area contributed by atoms with E-state index in [4.69, 9.17) is 10.5 Å². The molecule has 2 amide bonds. The number of rotatable bonds is 3. The Morgan fingerprint density at radius 1 is 1.00 bits per heavy atom. The van der Waals surface area contributed by atoms with Crippen LogP contribution in [0.5, 0.6) is 0 Å². The predicted molar refractivity (Wildman–Crippen MR) is 69.6 cm³/mol. The first-order chi connectivity index (χ1) is 9.67. The van der Waals surface area contributed by atoms with E-state index >= 15 is 0 Å². The van der Waals surface area contributed by atoms with Crippen LogP contribution in [0.2, 0.25) is 0 Å². The summed E-state index contributed by atoms with van der Waals surface area (Å²) in [5.41, 5.74) is 1.05. The molecule has 0 bridgehead atoms. The number of piperidine rings is 1. The summed E-state index contributed by atoms with van der Waals surface area (Å²) >= 11 is 0. The van der Waals surface area contributed by atoms with Gasteiger partial charge >= 0.3 is 0 Å². The summed E-state index contributed by atoms with van der Waals surface area (Å²) in [4.78, 5) is 23.3. The summed E-state index contributed by atoms with van der Waals surface area (Å²) in [6.45, 7) is 0. The first-order valence-electron chi connectivity index (χ1n) is 6.35. The zero-order valence-electron chi connectivity index (χ0n) is 10.7. The lowest BCUT2D eigenvalue weighted by molar-refractivity contribution is -0.139. The van der Waals surface area contributed by atoms with Crippen LogP contribution in [0.1, 0.15) is 12.0 Å². The predicted octanol–water partition coefficient (Wildman–Crippen LogP) is 1.17. The molecule has 1 saturated heterocycles. The molecule has 0 radical (unpaired) electrons. The van der Waals surface area contributed by atoms with Crippen LogP contribution in [0.4, 0.5) is 0 Å². The summed E-state index contributed by atoms with van der Waals surface area (Å²) < 4.78 is 0. The average Bonchev–Trinajstić information content (AvgIpc) is 2.46. The van der Waals surface area contributed by atoms with Gasteiger partial charge in [0.05, 0.1) is 12.1 Å². The number of benzene rings is 1. The smallest absolute Gasteiger partial charge is 0.244 e. The molecule has 1 fully saturated rings. The number of carbonyl (C=O) groups is 2. The van der Waals surface area contributed by atoms with Gasteiger partial charge in [-0.3, -0.25) is 14.9 Å². The maximum atomic E-state index is 11.7. The highest BCUT2D eigenvalue weighted by molar-refractivity contribution is 6.02. The second kappa shape index (κ2) is 5.99. The van der Waals surface area contributed by atoms with Gasteiger partial charge in [0.25, 0.3) is 0 Å². The second-order valence-electron chi connectivity index (χ2n) is 4.76. The van der Waals surface area contributed by atoms with E-state index in [1.54, 1.807) is 0 Å². The zero-order valence-corrected chi connectivity index (χ0v) is 10.7. The summed E-state index contributed by atoms with van der Waals surface area (Å²) in [7, 11) is 0. The van der Waals surface area contributed by atoms with Crippen LogP contribution in [-0.2, 0) is 16.0 Å². The number of carbonyl (C=O) groups excluding carboxylic acids is 2. The lowest BCUT2D eigenvalue weighted by Crippen LogP contribution is -2.51. The van der Waals surface area contributed by atoms with Crippen LogP contribution in [0, 0.1) is 40.4 Å². The standard InChI is InChI=1S/C15H13N3O2/c16-8-12-11(7-6-10-4-2-1-3-5-10)13(9-17)15(20)18-14(12)19/h1-5,11-13H,6-7H2,(H,18,19,20). The van der Waals surface area contributed by atoms with Gasteiger partial charge < -0.3 is 0 Å². The van der Waals surface area contributed by atoms with Crippen LogP contribution >= 0.6 is 0 Å². The molecule has 0 spiro atoms. The molecule has 0 aliphatic carbocycles. The van der Waals surface area contributed by atoms with Crippen LogP contribution in [-0.4, -0.2) is 11.8 Å². The highest BCUT2D eigenvalue weighted by atomic mass is 16.2. The largest absolute Gasteiger partial charge is 0.294 e. The van der Waals surface area contributed by atoms with Crippen molar-refractivity contribution < 1.29 is 9.59 Å². The number of nitrogens with one attached hydrogen (secondary N) is 1. The Labute approximate surface area is 116 Å². The first kappa shape index (κ1) is 13.8. The molecule has 5 heteroatoms. The van der Waals surface area contributed by atoms with E-state index in [9.17, 15) is 9.59 Å². The number of imide groups is 1. The Morgan fingerprint density at radius 2 is 1.55 bits per heavy atom. The van der Waals surface area contributed by atoms with Gasteiger partial charge in [-0.15, -0.1) is 0 Å². The fraction of sp³-hybridized carbons (Fsp3) is 0.333. The van der Waals surface area contributed by atoms with Gasteiger partial charge in [-0.2, -0.15) is 10.5 Å². The number of nitrogens with zero attached hydrogens (tertiary/aromatic N) is 2. The normalized spacial score (nSPS) is 25.4. The van der Waals surface area contributed by atoms with Crippen molar-refractivity contribution in [1.82, 2.24) is 5.32 Å². The number of aryl methyl sites for hydroxylation is 1. The average molecular weight is 267 g/mol. The van der Waals surface area contributed by atoms with Crippen LogP contribution < -0.4 is 5.32 Å². The third-order valence-corrected chi connectivity index (χ3v) is 3.55. The molecular weight excluding hydrogens is 254 g/mol. The fourth-order valence-corrected chi connectivity index (χ4v) is 2.48. The van der Waals surface area contributed by atoms with Gasteiger partial charge in [-0.05, 0) is 18.4 Å². The van der Waals surface area contributed by atoms with Crippen molar-refractivity contribution in [2.75, 3.05) is 0 Å². The van der Waals surface area contributed by atoms with Gasteiger partial charge in [0.2, 0.25) is 11.8 Å². The number of hydrogen-bond donors (Lipinski definition) is 1. The zero-order chi connectivity index (χ0) is 14.5. The molecule has 1 N–H and O–H groups in total. The molecule has 1 aromatic carbocycles. The molecule has 2 rings (SSSR count). The summed E-state index contributed by atoms with van der Waals surface area (Å²) in [5.74, 6) is -3.63. The molecule has 20 heavy (non-hydrogen) atoms. The van der Waals surface area contributed by atoms with Crippen molar-refractivity contribution in [3.63, 3.8) is 0 Å². The van der Waals surface area contributed by atoms with Crippen molar-refractivity contribution in [3.8, 4) is 12.1 Å². The van der Waals surface area contributed by atoms with Crippen molar-refractivity contribution in [3.05, 3.63) is 35.9 Å². The first-order valence-corrected chi connectivity index (χ1v) is 6.35. The van der Waals surface area contributed by atoms with Gasteiger partial charge in [0.1, 0.15) is 11.8 Å². The lowest BCUT2D eigenvalue weighted by Gasteiger charge is -2.29. The van der Waals surface area contributed by atoms with Gasteiger partial charge in [-0.1, -0.05) is 30.3 Å². The van der Waals surface area contributed by atoms with Crippen LogP contribution in [0.15, 0.2) is 30.3 Å². The topological polar surface area (TPSA) is 93.8 Å². The highest BCUT2D eigenvalue weighted by Crippen LogP contribution is 2.30. The SMILES string of the molecule is N#CC1C(=O)NC(=O)C(C#N)C1CCc1ccccc1. The number of hydrogen-bond acceptors (Lipinski definition) is 4. The number of nitriles is 2. The molecule has 1 aliphatic rings. The van der Waals surface area contributed by atoms with E-state index in [2.05, 4.69) is 5.32 Å². The Bertz CT molecular complexity index is 566. The van der Waals surface area contributed by atoms with E-state index in [0.29, 0.717) is 12.8 Å². The highest BCUT2D eigenvalue weighted by Gasteiger charge is 2.43. The van der Waals surface area contributed by atoms with Crippen molar-refractivity contribution >= 4 is 11.8 Å². The molecular formula is C15H13N3O2. The summed E-state index contributed by atoms with van der Waals surface area (Å²) in [6, 6.07) is 13.4. The maximum absolute atomic E-state index is 11.7. The fourth-order valence-electron chi connectivity index (χ4n) is 2.48. The van der Waals surface area contributed by atoms with Crippen molar-refractivity contribution in [2.45, 2.75) is 12.8 Å². The van der Waals surface area contributed by atoms with Gasteiger partial charge in [0.15, 0.2) is 0 Å². The van der Waals surface area contributed by atoms with Crippen molar-refractivity contribution in [2.24, 2.45) is 17.8 Å². The van der Waals surface area contributed by atoms with Gasteiger partial charge in [0, 0.05) is 5.92 Å². The Hall–Kier alpha value is -2.66. The Kier molecular flexibility index (Phi) is 4.12. The van der Waals surface area contributed by atoms with E-state index in [0.717, 1.165) is 5.56 Å². The monoisotopic (exact) mass is 267 g/mol. The Balaban J connectivity index is 2.16. The van der Waals surface area contributed by atoms with E-state index < -0.39 is 29.6 Å². The molecule has 1 aliphatic heterocycles. The quantitative estimate of drug-likeness (QED) is 0.832. The molecule has 1 aromatic rings. The lowest BCUT2D eigenvalue weighted by atomic mass is 9.75. The maximum Gasteiger partial charge on any atom is 0.244 e. The Morgan fingerprint density at radius 3 is 2.05 bits per heavy atom. The summed E-state index contributed by atoms with van der Waals surface area (Å²) in [6.07, 6.45) is 1.09. The molecule has 5 nitrogen and oxygen atoms in total. The molecule has 2 unspecified atom stereocenters. The second-order valence-corrected chi connectivity index (χ2v) is 4.76. The number of amides is 2. The molecule has 2 atom stereocenters. The minimum absolute atomic E-state index is 0.458. The third kappa shape index (κ3) is 2.67. The molecule has 1 heterocycles. The summed E-state index contributed by atoms with van der Waals surface area (Å²) in [5, 5.41) is 20.3. The van der Waals surface area contributed by atoms with Crippen LogP contribution in [0.25, 0.3) is 0 Å². The third-order valence-electron chi connectivity index (χ3n) is 3.55. The molecule has 100 valence electrons. The minimum Gasteiger partial charge on any atom is -0.294 e. The molecule has 0 aromatic heterocycles. The molecule has 0 saturated carbocycles. The van der Waals surface area contributed by atoms with E-state index in [-0.39, 0.29) is 0 Å². The van der Waals surface area contributed by atoms with E-state index in [1.165, 1.54) is 0 Å². The van der Waals surface area contributed by atoms with Crippen LogP contribution in [0.3, 0.4) is 0 Å². The van der Waals surface area contributed by atoms with Gasteiger partial charge in [-0.25, -0.2) is 0 Å².